The first-order valence-corrected chi connectivity index (χ1v) is 8.56. The lowest BCUT2D eigenvalue weighted by molar-refractivity contribution is 0.0734. The zero-order chi connectivity index (χ0) is 18.7. The Bertz CT molecular complexity index is 943. The van der Waals surface area contributed by atoms with E-state index in [1.54, 1.807) is 18.2 Å². The van der Waals surface area contributed by atoms with Gasteiger partial charge in [-0.15, -0.1) is 0 Å². The third-order valence-electron chi connectivity index (χ3n) is 3.88. The van der Waals surface area contributed by atoms with Gasteiger partial charge >= 0.3 is 5.97 Å². The summed E-state index contributed by atoms with van der Waals surface area (Å²) in [4.78, 5) is 12.6. The normalized spacial score (nSPS) is 10.5. The number of rotatable bonds is 5. The van der Waals surface area contributed by atoms with E-state index in [9.17, 15) is 4.79 Å². The third-order valence-corrected chi connectivity index (χ3v) is 4.38. The van der Waals surface area contributed by atoms with Gasteiger partial charge in [0, 0.05) is 4.47 Å². The number of carbonyl (C=O) groups is 1. The molecule has 0 unspecified atom stereocenters. The fourth-order valence-corrected chi connectivity index (χ4v) is 3.00. The Hall–Kier alpha value is -2.73. The van der Waals surface area contributed by atoms with Crippen molar-refractivity contribution < 1.29 is 23.7 Å². The van der Waals surface area contributed by atoms with Crippen LogP contribution in [0.3, 0.4) is 0 Å². The molecule has 0 amide bonds. The molecule has 26 heavy (non-hydrogen) atoms. The molecule has 0 aliphatic heterocycles. The fraction of sp³-hybridized carbons (Fsp3) is 0.150. The van der Waals surface area contributed by atoms with E-state index in [2.05, 4.69) is 15.9 Å². The van der Waals surface area contributed by atoms with Gasteiger partial charge in [0.1, 0.15) is 5.75 Å². The number of esters is 1. The van der Waals surface area contributed by atoms with Crippen LogP contribution in [-0.4, -0.2) is 27.3 Å². The van der Waals surface area contributed by atoms with Crippen molar-refractivity contribution in [2.75, 3.05) is 21.3 Å². The minimum absolute atomic E-state index is 0.301. The van der Waals surface area contributed by atoms with Crippen LogP contribution in [0.1, 0.15) is 10.4 Å². The molecule has 6 heteroatoms. The predicted molar refractivity (Wildman–Crippen MR) is 103 cm³/mol. The molecule has 3 aromatic rings. The molecule has 134 valence electrons. The highest BCUT2D eigenvalue weighted by atomic mass is 79.9. The van der Waals surface area contributed by atoms with E-state index in [0.29, 0.717) is 28.6 Å². The van der Waals surface area contributed by atoms with Crippen molar-refractivity contribution in [3.8, 4) is 23.0 Å². The van der Waals surface area contributed by atoms with Crippen molar-refractivity contribution in [2.45, 2.75) is 0 Å². The number of hydrogen-bond acceptors (Lipinski definition) is 5. The molecule has 0 spiro atoms. The average molecular weight is 417 g/mol. The second kappa shape index (κ2) is 7.66. The molecule has 0 fully saturated rings. The van der Waals surface area contributed by atoms with E-state index < -0.39 is 5.97 Å². The first kappa shape index (κ1) is 18.1. The van der Waals surface area contributed by atoms with Gasteiger partial charge in [0.05, 0.1) is 26.9 Å². The van der Waals surface area contributed by atoms with E-state index in [0.717, 1.165) is 15.2 Å². The summed E-state index contributed by atoms with van der Waals surface area (Å²) in [5, 5.41) is 2.02. The predicted octanol–water partition coefficient (Wildman–Crippen LogP) is 4.85. The van der Waals surface area contributed by atoms with E-state index in [1.165, 1.54) is 21.3 Å². The summed E-state index contributed by atoms with van der Waals surface area (Å²) >= 11 is 3.44. The lowest BCUT2D eigenvalue weighted by Gasteiger charge is -2.13. The number of hydrogen-bond donors (Lipinski definition) is 0. The Labute approximate surface area is 159 Å². The molecule has 0 radical (unpaired) electrons. The molecular weight excluding hydrogens is 400 g/mol. The molecule has 5 nitrogen and oxygen atoms in total. The standard InChI is InChI=1S/C20H17BrO5/c1-23-17-10-14(11-18(24-2)19(17)25-3)20(22)26-16-7-5-12-8-15(21)6-4-13(12)9-16/h4-11H,1-3H3. The van der Waals surface area contributed by atoms with Gasteiger partial charge in [-0.05, 0) is 47.2 Å². The fourth-order valence-electron chi connectivity index (χ4n) is 2.62. The van der Waals surface area contributed by atoms with Gasteiger partial charge < -0.3 is 18.9 Å². The molecule has 0 atom stereocenters. The van der Waals surface area contributed by atoms with E-state index in [4.69, 9.17) is 18.9 Å². The molecule has 0 N–H and O–H groups in total. The molecule has 0 bridgehead atoms. The zero-order valence-corrected chi connectivity index (χ0v) is 16.1. The quantitative estimate of drug-likeness (QED) is 0.439. The highest BCUT2D eigenvalue weighted by Gasteiger charge is 2.18. The van der Waals surface area contributed by atoms with Gasteiger partial charge in [-0.1, -0.05) is 28.1 Å². The Morgan fingerprint density at radius 2 is 1.42 bits per heavy atom. The van der Waals surface area contributed by atoms with Crippen LogP contribution in [0.15, 0.2) is 53.0 Å². The lowest BCUT2D eigenvalue weighted by Crippen LogP contribution is -2.09. The highest BCUT2D eigenvalue weighted by molar-refractivity contribution is 9.10. The summed E-state index contributed by atoms with van der Waals surface area (Å²) in [6.45, 7) is 0. The lowest BCUT2D eigenvalue weighted by atomic mass is 10.1. The Morgan fingerprint density at radius 1 is 0.808 bits per heavy atom. The van der Waals surface area contributed by atoms with Crippen molar-refractivity contribution in [3.63, 3.8) is 0 Å². The summed E-state index contributed by atoms with van der Waals surface area (Å²) < 4.78 is 22.3. The SMILES string of the molecule is COc1cc(C(=O)Oc2ccc3cc(Br)ccc3c2)cc(OC)c1OC. The van der Waals surface area contributed by atoms with Gasteiger partial charge in [0.15, 0.2) is 11.5 Å². The molecular formula is C20H17BrO5. The van der Waals surface area contributed by atoms with E-state index >= 15 is 0 Å². The summed E-state index contributed by atoms with van der Waals surface area (Å²) in [5.41, 5.74) is 0.301. The molecule has 0 saturated heterocycles. The van der Waals surface area contributed by atoms with Crippen molar-refractivity contribution in [1.82, 2.24) is 0 Å². The summed E-state index contributed by atoms with van der Waals surface area (Å²) in [7, 11) is 4.49. The number of ether oxygens (including phenoxy) is 4. The van der Waals surface area contributed by atoms with Gasteiger partial charge in [-0.2, -0.15) is 0 Å². The maximum atomic E-state index is 12.6. The first-order chi connectivity index (χ1) is 12.5. The Kier molecular flexibility index (Phi) is 5.32. The van der Waals surface area contributed by atoms with E-state index in [-0.39, 0.29) is 0 Å². The molecule has 3 rings (SSSR count). The van der Waals surface area contributed by atoms with Crippen LogP contribution in [0.5, 0.6) is 23.0 Å². The van der Waals surface area contributed by atoms with Crippen molar-refractivity contribution in [1.29, 1.82) is 0 Å². The van der Waals surface area contributed by atoms with Gasteiger partial charge in [0.2, 0.25) is 5.75 Å². The van der Waals surface area contributed by atoms with Crippen LogP contribution < -0.4 is 18.9 Å². The number of methoxy groups -OCH3 is 3. The molecule has 0 aliphatic carbocycles. The average Bonchev–Trinajstić information content (AvgIpc) is 2.66. The molecule has 3 aromatic carbocycles. The van der Waals surface area contributed by atoms with Crippen LogP contribution in [0, 0.1) is 0 Å². The smallest absolute Gasteiger partial charge is 0.343 e. The van der Waals surface area contributed by atoms with Crippen molar-refractivity contribution >= 4 is 32.7 Å². The summed E-state index contributed by atoms with van der Waals surface area (Å²) in [6, 6.07) is 14.5. The topological polar surface area (TPSA) is 54.0 Å². The minimum Gasteiger partial charge on any atom is -0.493 e. The van der Waals surface area contributed by atoms with E-state index in [1.807, 2.05) is 30.3 Å². The van der Waals surface area contributed by atoms with Crippen LogP contribution in [-0.2, 0) is 0 Å². The van der Waals surface area contributed by atoms with Crippen LogP contribution in [0.4, 0.5) is 0 Å². The van der Waals surface area contributed by atoms with Crippen LogP contribution in [0.2, 0.25) is 0 Å². The van der Waals surface area contributed by atoms with Gasteiger partial charge in [0.25, 0.3) is 0 Å². The molecule has 0 heterocycles. The molecule has 0 saturated carbocycles. The zero-order valence-electron chi connectivity index (χ0n) is 14.5. The number of benzene rings is 3. The second-order valence-electron chi connectivity index (χ2n) is 5.46. The largest absolute Gasteiger partial charge is 0.493 e. The molecule has 0 aliphatic rings. The highest BCUT2D eigenvalue weighted by Crippen LogP contribution is 2.38. The van der Waals surface area contributed by atoms with Crippen molar-refractivity contribution in [3.05, 3.63) is 58.6 Å². The summed E-state index contributed by atoms with van der Waals surface area (Å²) in [6.07, 6.45) is 0. The number of halogens is 1. The first-order valence-electron chi connectivity index (χ1n) is 7.77. The van der Waals surface area contributed by atoms with Gasteiger partial charge in [-0.25, -0.2) is 4.79 Å². The second-order valence-corrected chi connectivity index (χ2v) is 6.37. The maximum absolute atomic E-state index is 12.6. The minimum atomic E-state index is -0.513. The third kappa shape index (κ3) is 3.60. The number of carbonyl (C=O) groups excluding carboxylic acids is 1. The monoisotopic (exact) mass is 416 g/mol. The molecule has 0 aromatic heterocycles. The van der Waals surface area contributed by atoms with Crippen LogP contribution in [0.25, 0.3) is 10.8 Å². The van der Waals surface area contributed by atoms with Crippen LogP contribution >= 0.6 is 15.9 Å². The van der Waals surface area contributed by atoms with Crippen molar-refractivity contribution in [2.24, 2.45) is 0 Å². The maximum Gasteiger partial charge on any atom is 0.343 e. The number of fused-ring (bicyclic) bond motifs is 1. The Balaban J connectivity index is 1.91. The Morgan fingerprint density at radius 3 is 2.04 bits per heavy atom. The summed E-state index contributed by atoms with van der Waals surface area (Å²) in [5.74, 6) is 1.14. The van der Waals surface area contributed by atoms with Gasteiger partial charge in [-0.3, -0.25) is 0 Å².